The second kappa shape index (κ2) is 8.06. The third-order valence-corrected chi connectivity index (χ3v) is 3.77. The third-order valence-electron chi connectivity index (χ3n) is 3.52. The van der Waals surface area contributed by atoms with E-state index in [9.17, 15) is 4.79 Å². The van der Waals surface area contributed by atoms with E-state index in [-0.39, 0.29) is 5.91 Å². The maximum Gasteiger partial charge on any atom is 0.246 e. The van der Waals surface area contributed by atoms with Crippen molar-refractivity contribution in [3.05, 3.63) is 29.3 Å². The lowest BCUT2D eigenvalue weighted by Crippen LogP contribution is -2.34. The van der Waals surface area contributed by atoms with Crippen LogP contribution < -0.4 is 5.32 Å². The molecule has 7 heteroatoms. The summed E-state index contributed by atoms with van der Waals surface area (Å²) in [5, 5.41) is 16.0. The van der Waals surface area contributed by atoms with Crippen molar-refractivity contribution in [3.63, 3.8) is 0 Å². The molecule has 0 radical (unpaired) electrons. The SMILES string of the molecule is CCC(C(=O)NCCC(C)C)n1nnc(-c2ccc(Cl)cc2)n1. The van der Waals surface area contributed by atoms with Gasteiger partial charge in [0.05, 0.1) is 0 Å². The number of carbonyl (C=O) groups is 1. The van der Waals surface area contributed by atoms with Gasteiger partial charge in [-0.1, -0.05) is 32.4 Å². The average Bonchev–Trinajstić information content (AvgIpc) is 2.98. The number of tetrazole rings is 1. The Morgan fingerprint density at radius 2 is 2.00 bits per heavy atom. The molecule has 1 unspecified atom stereocenters. The number of benzene rings is 1. The van der Waals surface area contributed by atoms with Crippen molar-refractivity contribution in [2.75, 3.05) is 6.54 Å². The Kier molecular flexibility index (Phi) is 6.10. The lowest BCUT2D eigenvalue weighted by molar-refractivity contribution is -0.125. The van der Waals surface area contributed by atoms with Gasteiger partial charge in [-0.05, 0) is 48.2 Å². The second-order valence-electron chi connectivity index (χ2n) is 5.84. The van der Waals surface area contributed by atoms with Gasteiger partial charge in [-0.2, -0.15) is 4.80 Å². The number of halogens is 1. The van der Waals surface area contributed by atoms with E-state index in [0.717, 1.165) is 12.0 Å². The van der Waals surface area contributed by atoms with Crippen LogP contribution in [-0.4, -0.2) is 32.7 Å². The topological polar surface area (TPSA) is 72.7 Å². The minimum absolute atomic E-state index is 0.0757. The highest BCUT2D eigenvalue weighted by Gasteiger charge is 2.21. The van der Waals surface area contributed by atoms with E-state index < -0.39 is 6.04 Å². The zero-order chi connectivity index (χ0) is 16.8. The van der Waals surface area contributed by atoms with Crippen molar-refractivity contribution < 1.29 is 4.79 Å². The van der Waals surface area contributed by atoms with Crippen LogP contribution in [0.4, 0.5) is 0 Å². The van der Waals surface area contributed by atoms with Crippen molar-refractivity contribution in [1.29, 1.82) is 0 Å². The summed E-state index contributed by atoms with van der Waals surface area (Å²) in [4.78, 5) is 13.7. The predicted molar refractivity (Wildman–Crippen MR) is 90.1 cm³/mol. The summed E-state index contributed by atoms with van der Waals surface area (Å²) in [6, 6.07) is 6.75. The lowest BCUT2D eigenvalue weighted by atomic mass is 10.1. The molecule has 1 atom stereocenters. The fourth-order valence-electron chi connectivity index (χ4n) is 2.13. The van der Waals surface area contributed by atoms with Crippen molar-refractivity contribution >= 4 is 17.5 Å². The van der Waals surface area contributed by atoms with Crippen molar-refractivity contribution in [3.8, 4) is 11.4 Å². The van der Waals surface area contributed by atoms with E-state index in [2.05, 4.69) is 34.6 Å². The van der Waals surface area contributed by atoms with Gasteiger partial charge in [0, 0.05) is 17.1 Å². The normalized spacial score (nSPS) is 12.4. The van der Waals surface area contributed by atoms with Crippen LogP contribution in [0.5, 0.6) is 0 Å². The van der Waals surface area contributed by atoms with Crippen LogP contribution in [-0.2, 0) is 4.79 Å². The van der Waals surface area contributed by atoms with Crippen LogP contribution in [0.3, 0.4) is 0 Å². The molecule has 1 aromatic heterocycles. The number of amides is 1. The molecule has 1 heterocycles. The van der Waals surface area contributed by atoms with Gasteiger partial charge in [-0.15, -0.1) is 10.2 Å². The van der Waals surface area contributed by atoms with E-state index >= 15 is 0 Å². The van der Waals surface area contributed by atoms with Crippen molar-refractivity contribution in [2.45, 2.75) is 39.7 Å². The molecule has 0 aliphatic rings. The molecule has 124 valence electrons. The van der Waals surface area contributed by atoms with Crippen LogP contribution >= 0.6 is 11.6 Å². The van der Waals surface area contributed by atoms with Crippen LogP contribution in [0.1, 0.15) is 39.7 Å². The molecule has 0 fully saturated rings. The maximum absolute atomic E-state index is 12.3. The first-order valence-electron chi connectivity index (χ1n) is 7.84. The summed E-state index contributed by atoms with van der Waals surface area (Å²) in [5.41, 5.74) is 0.815. The van der Waals surface area contributed by atoms with Crippen LogP contribution in [0.25, 0.3) is 11.4 Å². The van der Waals surface area contributed by atoms with Gasteiger partial charge in [-0.25, -0.2) is 0 Å². The van der Waals surface area contributed by atoms with E-state index in [0.29, 0.717) is 29.7 Å². The van der Waals surface area contributed by atoms with Gasteiger partial charge < -0.3 is 5.32 Å². The summed E-state index contributed by atoms with van der Waals surface area (Å²) < 4.78 is 0. The molecule has 2 aromatic rings. The highest BCUT2D eigenvalue weighted by Crippen LogP contribution is 2.18. The quantitative estimate of drug-likeness (QED) is 0.843. The predicted octanol–water partition coefficient (Wildman–Crippen LogP) is 3.11. The molecule has 0 saturated carbocycles. The molecule has 2 rings (SSSR count). The first-order chi connectivity index (χ1) is 11.0. The minimum Gasteiger partial charge on any atom is -0.354 e. The molecule has 23 heavy (non-hydrogen) atoms. The molecule has 6 nitrogen and oxygen atoms in total. The first-order valence-corrected chi connectivity index (χ1v) is 8.22. The van der Waals surface area contributed by atoms with E-state index in [1.807, 2.05) is 19.1 Å². The van der Waals surface area contributed by atoms with Gasteiger partial charge in [0.2, 0.25) is 11.7 Å². The summed E-state index contributed by atoms with van der Waals surface area (Å²) in [6.45, 7) is 6.84. The summed E-state index contributed by atoms with van der Waals surface area (Å²) >= 11 is 5.87. The molecular formula is C16H22ClN5O. The summed E-state index contributed by atoms with van der Waals surface area (Å²) in [7, 11) is 0. The zero-order valence-electron chi connectivity index (χ0n) is 13.7. The summed E-state index contributed by atoms with van der Waals surface area (Å²) in [5.74, 6) is 0.958. The van der Waals surface area contributed by atoms with Crippen LogP contribution in [0.2, 0.25) is 5.02 Å². The number of rotatable bonds is 7. The standard InChI is InChI=1S/C16H22ClN5O/c1-4-14(16(23)18-10-9-11(2)3)22-20-15(19-21-22)12-5-7-13(17)8-6-12/h5-8,11,14H,4,9-10H2,1-3H3,(H,18,23). The van der Waals surface area contributed by atoms with Crippen LogP contribution in [0.15, 0.2) is 24.3 Å². The fourth-order valence-corrected chi connectivity index (χ4v) is 2.25. The monoisotopic (exact) mass is 335 g/mol. The number of aromatic nitrogens is 4. The number of hydrogen-bond acceptors (Lipinski definition) is 4. The summed E-state index contributed by atoms with van der Waals surface area (Å²) in [6.07, 6.45) is 1.55. The highest BCUT2D eigenvalue weighted by molar-refractivity contribution is 6.30. The van der Waals surface area contributed by atoms with E-state index in [1.165, 1.54) is 4.80 Å². The van der Waals surface area contributed by atoms with Gasteiger partial charge in [0.1, 0.15) is 0 Å². The maximum atomic E-state index is 12.3. The number of carbonyl (C=O) groups excluding carboxylic acids is 1. The van der Waals surface area contributed by atoms with Crippen molar-refractivity contribution in [1.82, 2.24) is 25.5 Å². The molecule has 1 amide bonds. The van der Waals surface area contributed by atoms with Crippen LogP contribution in [0, 0.1) is 5.92 Å². The van der Waals surface area contributed by atoms with E-state index in [4.69, 9.17) is 11.6 Å². The van der Waals surface area contributed by atoms with Gasteiger partial charge >= 0.3 is 0 Å². The Bertz CT molecular complexity index is 638. The molecular weight excluding hydrogens is 314 g/mol. The van der Waals surface area contributed by atoms with Gasteiger partial charge in [0.15, 0.2) is 6.04 Å². The first kappa shape index (κ1) is 17.4. The average molecular weight is 336 g/mol. The van der Waals surface area contributed by atoms with Gasteiger partial charge in [-0.3, -0.25) is 4.79 Å². The Hall–Kier alpha value is -1.95. The largest absolute Gasteiger partial charge is 0.354 e. The zero-order valence-corrected chi connectivity index (χ0v) is 14.4. The Balaban J connectivity index is 2.07. The van der Waals surface area contributed by atoms with E-state index in [1.54, 1.807) is 12.1 Å². The van der Waals surface area contributed by atoms with Crippen molar-refractivity contribution in [2.24, 2.45) is 5.92 Å². The molecule has 1 aromatic carbocycles. The second-order valence-corrected chi connectivity index (χ2v) is 6.27. The Morgan fingerprint density at radius 1 is 1.30 bits per heavy atom. The number of hydrogen-bond donors (Lipinski definition) is 1. The minimum atomic E-state index is -0.448. The number of nitrogens with one attached hydrogen (secondary N) is 1. The molecule has 0 spiro atoms. The number of nitrogens with zero attached hydrogens (tertiary/aromatic N) is 4. The highest BCUT2D eigenvalue weighted by atomic mass is 35.5. The molecule has 0 saturated heterocycles. The Morgan fingerprint density at radius 3 is 2.61 bits per heavy atom. The molecule has 1 N–H and O–H groups in total. The molecule has 0 aliphatic carbocycles. The molecule has 0 bridgehead atoms. The Labute approximate surface area is 141 Å². The van der Waals surface area contributed by atoms with Gasteiger partial charge in [0.25, 0.3) is 0 Å². The fraction of sp³-hybridized carbons (Fsp3) is 0.500. The smallest absolute Gasteiger partial charge is 0.246 e. The third kappa shape index (κ3) is 4.76. The molecule has 0 aliphatic heterocycles. The lowest BCUT2D eigenvalue weighted by Gasteiger charge is -2.14.